The Morgan fingerprint density at radius 1 is 1.04 bits per heavy atom. The van der Waals surface area contributed by atoms with Crippen LogP contribution in [-0.2, 0) is 17.7 Å². The van der Waals surface area contributed by atoms with Crippen LogP contribution in [0.2, 0.25) is 0 Å². The van der Waals surface area contributed by atoms with Gasteiger partial charge in [0.05, 0.1) is 19.5 Å². The van der Waals surface area contributed by atoms with Gasteiger partial charge in [-0.05, 0) is 49.2 Å². The van der Waals surface area contributed by atoms with E-state index >= 15 is 0 Å². The lowest BCUT2D eigenvalue weighted by atomic mass is 9.89. The minimum absolute atomic E-state index is 0.752. The van der Waals surface area contributed by atoms with E-state index in [9.17, 15) is 0 Å². The minimum Gasteiger partial charge on any atom is -0.496 e. The van der Waals surface area contributed by atoms with Crippen molar-refractivity contribution in [3.05, 3.63) is 34.9 Å². The summed E-state index contributed by atoms with van der Waals surface area (Å²) in [6.45, 7) is 6.04. The molecule has 6 nitrogen and oxygen atoms in total. The van der Waals surface area contributed by atoms with Crippen molar-refractivity contribution in [3.63, 3.8) is 0 Å². The summed E-state index contributed by atoms with van der Waals surface area (Å²) in [5.74, 6) is 7.38. The molecule has 0 radical (unpaired) electrons. The van der Waals surface area contributed by atoms with Gasteiger partial charge in [0.15, 0.2) is 0 Å². The van der Waals surface area contributed by atoms with Crippen molar-refractivity contribution in [2.75, 3.05) is 52.0 Å². The average molecular weight is 329 g/mol. The maximum absolute atomic E-state index is 6.38. The van der Waals surface area contributed by atoms with Crippen LogP contribution < -0.4 is 10.9 Å². The third-order valence-corrected chi connectivity index (χ3v) is 5.46. The summed E-state index contributed by atoms with van der Waals surface area (Å²) in [6.07, 6.45) is 4.29. The number of hydrogen-bond donors (Lipinski definition) is 1. The van der Waals surface area contributed by atoms with E-state index in [2.05, 4.69) is 40.2 Å². The molecule has 1 saturated heterocycles. The summed E-state index contributed by atoms with van der Waals surface area (Å²) in [7, 11) is 3.94. The van der Waals surface area contributed by atoms with Crippen LogP contribution in [0.15, 0.2) is 18.2 Å². The predicted octanol–water partition coefficient (Wildman–Crippen LogP) is 1.24. The number of nitrogens with zero attached hydrogens (tertiary/aromatic N) is 4. The molecule has 4 rings (SSSR count). The standard InChI is InChI=1S/C18H27N5O/c1-20-8-10-21(11-9-20)22-12-16-14-4-3-5-18(24-2)15(14)6-7-17(16)23(19)13-22/h5-7H,3-4,8-13,19H2,1-2H3. The number of allylic oxidation sites excluding steroid dienone is 1. The second-order valence-electron chi connectivity index (χ2n) is 6.93. The average Bonchev–Trinajstić information content (AvgIpc) is 2.61. The Hall–Kier alpha value is -1.60. The molecule has 2 heterocycles. The zero-order valence-corrected chi connectivity index (χ0v) is 14.7. The number of nitrogens with two attached hydrogens (primary N) is 1. The molecule has 0 saturated carbocycles. The Bertz CT molecular complexity index is 651. The van der Waals surface area contributed by atoms with E-state index in [1.54, 1.807) is 7.11 Å². The Morgan fingerprint density at radius 2 is 1.83 bits per heavy atom. The first kappa shape index (κ1) is 15.9. The van der Waals surface area contributed by atoms with Crippen LogP contribution in [0.5, 0.6) is 0 Å². The number of fused-ring (bicyclic) bond motifs is 3. The van der Waals surface area contributed by atoms with Gasteiger partial charge in [0.25, 0.3) is 0 Å². The van der Waals surface area contributed by atoms with Gasteiger partial charge in [-0.2, -0.15) is 0 Å². The first-order chi connectivity index (χ1) is 11.7. The minimum atomic E-state index is 0.752. The Morgan fingerprint density at radius 3 is 2.58 bits per heavy atom. The molecule has 2 N–H and O–H groups in total. The maximum Gasteiger partial charge on any atom is 0.122 e. The smallest absolute Gasteiger partial charge is 0.122 e. The highest BCUT2D eigenvalue weighted by molar-refractivity contribution is 5.72. The Kier molecular flexibility index (Phi) is 4.22. The molecule has 24 heavy (non-hydrogen) atoms. The molecule has 0 atom stereocenters. The SMILES string of the molecule is COC1=CCCc2c1ccc1c2CN(N2CCN(C)CC2)CN1N. The monoisotopic (exact) mass is 329 g/mol. The first-order valence-electron chi connectivity index (χ1n) is 8.77. The van der Waals surface area contributed by atoms with Gasteiger partial charge in [-0.15, -0.1) is 0 Å². The van der Waals surface area contributed by atoms with Crippen molar-refractivity contribution in [2.24, 2.45) is 5.84 Å². The third-order valence-electron chi connectivity index (χ3n) is 5.46. The highest BCUT2D eigenvalue weighted by Gasteiger charge is 2.30. The highest BCUT2D eigenvalue weighted by Crippen LogP contribution is 2.37. The Labute approximate surface area is 144 Å². The van der Waals surface area contributed by atoms with E-state index in [-0.39, 0.29) is 0 Å². The number of methoxy groups -OCH3 is 1. The molecule has 3 aliphatic rings. The van der Waals surface area contributed by atoms with Crippen LogP contribution in [0.25, 0.3) is 5.76 Å². The van der Waals surface area contributed by atoms with Gasteiger partial charge < -0.3 is 9.64 Å². The predicted molar refractivity (Wildman–Crippen MR) is 95.9 cm³/mol. The second kappa shape index (κ2) is 6.37. The molecule has 0 unspecified atom stereocenters. The summed E-state index contributed by atoms with van der Waals surface area (Å²) in [4.78, 5) is 2.38. The van der Waals surface area contributed by atoms with Crippen molar-refractivity contribution in [3.8, 4) is 0 Å². The number of rotatable bonds is 2. The second-order valence-corrected chi connectivity index (χ2v) is 6.93. The van der Waals surface area contributed by atoms with Gasteiger partial charge in [0.1, 0.15) is 5.76 Å². The van der Waals surface area contributed by atoms with Gasteiger partial charge in [0.2, 0.25) is 0 Å². The van der Waals surface area contributed by atoms with Crippen molar-refractivity contribution < 1.29 is 4.74 Å². The number of hydrogen-bond acceptors (Lipinski definition) is 6. The molecule has 1 fully saturated rings. The lowest BCUT2D eigenvalue weighted by Gasteiger charge is -2.45. The van der Waals surface area contributed by atoms with Crippen molar-refractivity contribution in [1.82, 2.24) is 14.9 Å². The number of likely N-dealkylation sites (N-methyl/N-ethyl adjacent to an activating group) is 1. The van der Waals surface area contributed by atoms with E-state index in [4.69, 9.17) is 10.6 Å². The summed E-state index contributed by atoms with van der Waals surface area (Å²) in [5, 5.41) is 6.75. The Balaban J connectivity index is 1.65. The fourth-order valence-corrected chi connectivity index (χ4v) is 4.05. The topological polar surface area (TPSA) is 48.2 Å². The fraction of sp³-hybridized carbons (Fsp3) is 0.556. The van der Waals surface area contributed by atoms with E-state index in [0.717, 1.165) is 63.7 Å². The highest BCUT2D eigenvalue weighted by atomic mass is 16.5. The molecule has 0 amide bonds. The van der Waals surface area contributed by atoms with E-state index in [1.807, 2.05) is 5.01 Å². The molecule has 130 valence electrons. The van der Waals surface area contributed by atoms with Gasteiger partial charge in [-0.1, -0.05) is 0 Å². The maximum atomic E-state index is 6.38. The molecule has 2 aliphatic heterocycles. The van der Waals surface area contributed by atoms with Crippen LogP contribution in [0.3, 0.4) is 0 Å². The fourth-order valence-electron chi connectivity index (χ4n) is 4.05. The third kappa shape index (κ3) is 2.69. The zero-order chi connectivity index (χ0) is 16.7. The van der Waals surface area contributed by atoms with Crippen LogP contribution >= 0.6 is 0 Å². The lowest BCUT2D eigenvalue weighted by molar-refractivity contribution is -0.0637. The molecule has 0 spiro atoms. The molecule has 1 aromatic rings. The van der Waals surface area contributed by atoms with Crippen molar-refractivity contribution in [2.45, 2.75) is 19.4 Å². The van der Waals surface area contributed by atoms with Gasteiger partial charge >= 0.3 is 0 Å². The molecular formula is C18H27N5O. The summed E-state index contributed by atoms with van der Waals surface area (Å²) >= 11 is 0. The van der Waals surface area contributed by atoms with E-state index < -0.39 is 0 Å². The van der Waals surface area contributed by atoms with E-state index in [0.29, 0.717) is 0 Å². The molecule has 6 heteroatoms. The van der Waals surface area contributed by atoms with Crippen LogP contribution in [0.4, 0.5) is 5.69 Å². The quantitative estimate of drug-likeness (QED) is 0.824. The number of hydrazine groups is 2. The van der Waals surface area contributed by atoms with Crippen molar-refractivity contribution >= 4 is 11.4 Å². The number of piperazine rings is 1. The number of ether oxygens (including phenoxy) is 1. The normalized spacial score (nSPS) is 22.8. The van der Waals surface area contributed by atoms with Crippen LogP contribution in [0.1, 0.15) is 23.1 Å². The summed E-state index contributed by atoms with van der Waals surface area (Å²) < 4.78 is 5.58. The molecule has 0 aromatic heterocycles. The number of benzene rings is 1. The van der Waals surface area contributed by atoms with Crippen LogP contribution in [-0.4, -0.2) is 61.9 Å². The molecule has 0 bridgehead atoms. The van der Waals surface area contributed by atoms with Gasteiger partial charge in [-0.25, -0.2) is 15.9 Å². The van der Waals surface area contributed by atoms with Crippen molar-refractivity contribution in [1.29, 1.82) is 0 Å². The first-order valence-corrected chi connectivity index (χ1v) is 8.77. The molecule has 1 aliphatic carbocycles. The van der Waals surface area contributed by atoms with Gasteiger partial charge in [-0.3, -0.25) is 5.01 Å². The van der Waals surface area contributed by atoms with Gasteiger partial charge in [0, 0.05) is 38.3 Å². The summed E-state index contributed by atoms with van der Waals surface area (Å²) in [6, 6.07) is 4.31. The number of anilines is 1. The molecule has 1 aromatic carbocycles. The summed E-state index contributed by atoms with van der Waals surface area (Å²) in [5.41, 5.74) is 5.16. The lowest BCUT2D eigenvalue weighted by Crippen LogP contribution is -2.58. The van der Waals surface area contributed by atoms with E-state index in [1.165, 1.54) is 16.7 Å². The largest absolute Gasteiger partial charge is 0.496 e. The molecular weight excluding hydrogens is 302 g/mol. The van der Waals surface area contributed by atoms with Crippen LogP contribution in [0, 0.1) is 0 Å². The zero-order valence-electron chi connectivity index (χ0n) is 14.7.